The number of anilines is 1. The average Bonchev–Trinajstić information content (AvgIpc) is 2.64. The van der Waals surface area contributed by atoms with Gasteiger partial charge in [0.15, 0.2) is 10.9 Å². The van der Waals surface area contributed by atoms with Gasteiger partial charge in [0.25, 0.3) is 10.0 Å². The third-order valence-electron chi connectivity index (χ3n) is 3.77. The fraction of sp³-hybridized carbons (Fsp3) is 0.300. The number of hydrogen-bond acceptors (Lipinski definition) is 6. The SMILES string of the molecule is CC(C)(C)C(=O)SCC(=O)c1ccc(NS(=O)(=O)c2ccc(OC(F)(F)F)cc2)cc1. The summed E-state index contributed by atoms with van der Waals surface area (Å²) in [7, 11) is -4.07. The smallest absolute Gasteiger partial charge is 0.406 e. The van der Waals surface area contributed by atoms with Gasteiger partial charge in [-0.1, -0.05) is 32.5 Å². The van der Waals surface area contributed by atoms with Gasteiger partial charge in [-0.2, -0.15) is 0 Å². The Kier molecular flexibility index (Phi) is 7.43. The van der Waals surface area contributed by atoms with E-state index in [2.05, 4.69) is 9.46 Å². The molecule has 168 valence electrons. The first-order valence-electron chi connectivity index (χ1n) is 8.86. The third kappa shape index (κ3) is 7.59. The summed E-state index contributed by atoms with van der Waals surface area (Å²) in [6.45, 7) is 5.26. The molecule has 0 radical (unpaired) electrons. The van der Waals surface area contributed by atoms with E-state index in [1.54, 1.807) is 20.8 Å². The van der Waals surface area contributed by atoms with Crippen LogP contribution in [0.25, 0.3) is 0 Å². The van der Waals surface area contributed by atoms with Crippen molar-refractivity contribution >= 4 is 38.4 Å². The molecule has 0 unspecified atom stereocenters. The fourth-order valence-corrected chi connectivity index (χ4v) is 4.11. The molecule has 0 fully saturated rings. The number of alkyl halides is 3. The first kappa shape index (κ1) is 24.7. The Morgan fingerprint density at radius 2 is 1.52 bits per heavy atom. The summed E-state index contributed by atoms with van der Waals surface area (Å²) in [4.78, 5) is 23.9. The van der Waals surface area contributed by atoms with Crippen LogP contribution in [0, 0.1) is 5.41 Å². The lowest BCUT2D eigenvalue weighted by Gasteiger charge is -2.15. The average molecular weight is 476 g/mol. The summed E-state index contributed by atoms with van der Waals surface area (Å²) in [6, 6.07) is 9.33. The number of carbonyl (C=O) groups is 2. The number of sulfonamides is 1. The Hall–Kier alpha value is -2.53. The zero-order valence-electron chi connectivity index (χ0n) is 16.8. The van der Waals surface area contributed by atoms with Gasteiger partial charge < -0.3 is 4.74 Å². The van der Waals surface area contributed by atoms with Crippen LogP contribution in [0.4, 0.5) is 18.9 Å². The molecule has 31 heavy (non-hydrogen) atoms. The van der Waals surface area contributed by atoms with Crippen LogP contribution in [0.5, 0.6) is 5.75 Å². The van der Waals surface area contributed by atoms with Gasteiger partial charge in [0.2, 0.25) is 0 Å². The highest BCUT2D eigenvalue weighted by Crippen LogP contribution is 2.26. The van der Waals surface area contributed by atoms with E-state index in [0.717, 1.165) is 36.0 Å². The van der Waals surface area contributed by atoms with Crippen LogP contribution in [0.2, 0.25) is 0 Å². The molecular formula is C20H20F3NO5S2. The van der Waals surface area contributed by atoms with E-state index in [-0.39, 0.29) is 27.2 Å². The van der Waals surface area contributed by atoms with E-state index < -0.39 is 27.6 Å². The molecule has 0 bridgehead atoms. The predicted molar refractivity (Wildman–Crippen MR) is 112 cm³/mol. The number of ketones is 1. The fourth-order valence-electron chi connectivity index (χ4n) is 2.19. The monoisotopic (exact) mass is 475 g/mol. The van der Waals surface area contributed by atoms with Crippen molar-refractivity contribution in [2.75, 3.05) is 10.5 Å². The molecule has 11 heteroatoms. The van der Waals surface area contributed by atoms with Crippen LogP contribution in [0.15, 0.2) is 53.4 Å². The lowest BCUT2D eigenvalue weighted by molar-refractivity contribution is -0.274. The Morgan fingerprint density at radius 1 is 0.968 bits per heavy atom. The summed E-state index contributed by atoms with van der Waals surface area (Å²) in [5.74, 6) is -0.859. The Balaban J connectivity index is 2.03. The van der Waals surface area contributed by atoms with Crippen LogP contribution in [0.3, 0.4) is 0 Å². The maximum absolute atomic E-state index is 12.4. The van der Waals surface area contributed by atoms with Crippen LogP contribution >= 0.6 is 11.8 Å². The molecule has 2 rings (SSSR count). The molecular weight excluding hydrogens is 455 g/mol. The van der Waals surface area contributed by atoms with Crippen LogP contribution in [-0.2, 0) is 14.8 Å². The Bertz CT molecular complexity index is 1040. The minimum absolute atomic E-state index is 0.0342. The highest BCUT2D eigenvalue weighted by molar-refractivity contribution is 8.14. The van der Waals surface area contributed by atoms with E-state index in [1.807, 2.05) is 0 Å². The number of rotatable bonds is 7. The number of nitrogens with one attached hydrogen (secondary N) is 1. The molecule has 0 spiro atoms. The van der Waals surface area contributed by atoms with Crippen molar-refractivity contribution in [3.05, 3.63) is 54.1 Å². The van der Waals surface area contributed by atoms with Crippen molar-refractivity contribution in [1.29, 1.82) is 0 Å². The molecule has 0 amide bonds. The number of halogens is 3. The molecule has 2 aromatic rings. The van der Waals surface area contributed by atoms with Gasteiger partial charge in [0, 0.05) is 16.7 Å². The highest BCUT2D eigenvalue weighted by atomic mass is 32.2. The predicted octanol–water partition coefficient (Wildman–Crippen LogP) is 4.87. The van der Waals surface area contributed by atoms with Crippen molar-refractivity contribution in [2.45, 2.75) is 32.0 Å². The number of ether oxygens (including phenoxy) is 1. The molecule has 0 saturated carbocycles. The molecule has 0 saturated heterocycles. The molecule has 0 aromatic heterocycles. The molecule has 0 aliphatic heterocycles. The number of carbonyl (C=O) groups excluding carboxylic acids is 2. The zero-order chi connectivity index (χ0) is 23.4. The van der Waals surface area contributed by atoms with Gasteiger partial charge in [-0.3, -0.25) is 14.3 Å². The summed E-state index contributed by atoms with van der Waals surface area (Å²) in [5, 5.41) is -0.114. The van der Waals surface area contributed by atoms with Crippen molar-refractivity contribution in [1.82, 2.24) is 0 Å². The third-order valence-corrected chi connectivity index (χ3v) is 6.45. The minimum atomic E-state index is -4.88. The Labute approximate surface area is 182 Å². The normalized spacial score (nSPS) is 12.3. The molecule has 1 N–H and O–H groups in total. The summed E-state index contributed by atoms with van der Waals surface area (Å²) in [6.07, 6.45) is -4.88. The number of thioether (sulfide) groups is 1. The van der Waals surface area contributed by atoms with Gasteiger partial charge in [-0.15, -0.1) is 13.2 Å². The van der Waals surface area contributed by atoms with Gasteiger partial charge in [0.05, 0.1) is 10.6 Å². The quantitative estimate of drug-likeness (QED) is 0.575. The van der Waals surface area contributed by atoms with Crippen molar-refractivity contribution in [3.8, 4) is 5.75 Å². The lowest BCUT2D eigenvalue weighted by Crippen LogP contribution is -2.18. The number of benzene rings is 2. The van der Waals surface area contributed by atoms with E-state index >= 15 is 0 Å². The Morgan fingerprint density at radius 3 is 2.00 bits per heavy atom. The van der Waals surface area contributed by atoms with Gasteiger partial charge >= 0.3 is 6.36 Å². The lowest BCUT2D eigenvalue weighted by atomic mass is 10.00. The molecule has 6 nitrogen and oxygen atoms in total. The second-order valence-electron chi connectivity index (χ2n) is 7.45. The van der Waals surface area contributed by atoms with E-state index in [0.29, 0.717) is 5.56 Å². The van der Waals surface area contributed by atoms with Gasteiger partial charge in [-0.05, 0) is 48.5 Å². The first-order valence-corrected chi connectivity index (χ1v) is 11.3. The van der Waals surface area contributed by atoms with E-state index in [4.69, 9.17) is 0 Å². The molecule has 0 atom stereocenters. The van der Waals surface area contributed by atoms with Crippen LogP contribution < -0.4 is 9.46 Å². The maximum Gasteiger partial charge on any atom is 0.573 e. The van der Waals surface area contributed by atoms with Crippen molar-refractivity contribution in [3.63, 3.8) is 0 Å². The summed E-state index contributed by atoms with van der Waals surface area (Å²) >= 11 is 0.922. The largest absolute Gasteiger partial charge is 0.573 e. The highest BCUT2D eigenvalue weighted by Gasteiger charge is 2.31. The van der Waals surface area contributed by atoms with Gasteiger partial charge in [0.1, 0.15) is 5.75 Å². The molecule has 0 aliphatic rings. The number of Topliss-reactive ketones (excluding diaryl/α,β-unsaturated/α-hetero) is 1. The second-order valence-corrected chi connectivity index (χ2v) is 10.1. The molecule has 2 aromatic carbocycles. The summed E-state index contributed by atoms with van der Waals surface area (Å²) in [5.41, 5.74) is -0.0964. The van der Waals surface area contributed by atoms with E-state index in [9.17, 15) is 31.2 Å². The maximum atomic E-state index is 12.4. The van der Waals surface area contributed by atoms with E-state index in [1.165, 1.54) is 24.3 Å². The van der Waals surface area contributed by atoms with Crippen LogP contribution in [0.1, 0.15) is 31.1 Å². The minimum Gasteiger partial charge on any atom is -0.406 e. The first-order chi connectivity index (χ1) is 14.2. The van der Waals surface area contributed by atoms with Crippen molar-refractivity contribution in [2.24, 2.45) is 5.41 Å². The molecule has 0 heterocycles. The number of hydrogen-bond donors (Lipinski definition) is 1. The molecule has 0 aliphatic carbocycles. The van der Waals surface area contributed by atoms with Crippen molar-refractivity contribution < 1.29 is 35.9 Å². The standard InChI is InChI=1S/C20H20F3NO5S2/c1-19(2,3)18(26)30-12-17(25)13-4-6-14(7-5-13)24-31(27,28)16-10-8-15(9-11-16)29-20(21,22)23/h4-11,24H,12H2,1-3H3. The van der Waals surface area contributed by atoms with Gasteiger partial charge in [-0.25, -0.2) is 8.42 Å². The zero-order valence-corrected chi connectivity index (χ0v) is 18.5. The topological polar surface area (TPSA) is 89.5 Å². The summed E-state index contributed by atoms with van der Waals surface area (Å²) < 4.78 is 67.4. The van der Waals surface area contributed by atoms with Crippen LogP contribution in [-0.4, -0.2) is 31.4 Å². The second kappa shape index (κ2) is 9.31.